The maximum absolute atomic E-state index is 12.3. The summed E-state index contributed by atoms with van der Waals surface area (Å²) >= 11 is 0. The molecule has 0 aromatic heterocycles. The number of nitrogens with one attached hydrogen (secondary N) is 1. The molecule has 1 amide bonds. The molecule has 0 saturated carbocycles. The summed E-state index contributed by atoms with van der Waals surface area (Å²) in [6.07, 6.45) is 2.03. The number of unbranched alkanes of at least 4 members (excludes halogenated alkanes) is 1. The number of rotatable bonds is 9. The van der Waals surface area contributed by atoms with E-state index in [1.807, 2.05) is 0 Å². The topological polar surface area (TPSA) is 90.7 Å². The van der Waals surface area contributed by atoms with Gasteiger partial charge in [-0.3, -0.25) is 14.9 Å². The number of nitro groups is 1. The number of benzene rings is 2. The van der Waals surface area contributed by atoms with Gasteiger partial charge in [-0.15, -0.1) is 0 Å². The number of hydrogen-bond donors (Lipinski definition) is 1. The quantitative estimate of drug-likeness (QED) is 0.416. The van der Waals surface area contributed by atoms with Crippen molar-refractivity contribution >= 4 is 17.3 Å². The number of carbonyl (C=O) groups is 1. The highest BCUT2D eigenvalue weighted by molar-refractivity contribution is 5.94. The Hall–Kier alpha value is -3.09. The third kappa shape index (κ3) is 5.47. The number of hydrogen-bond acceptors (Lipinski definition) is 5. The third-order valence-electron chi connectivity index (χ3n) is 3.73. The fourth-order valence-corrected chi connectivity index (χ4v) is 2.30. The van der Waals surface area contributed by atoms with Crippen molar-refractivity contribution < 1.29 is 19.2 Å². The maximum atomic E-state index is 12.3. The number of ether oxygens (including phenoxy) is 2. The first-order chi connectivity index (χ1) is 12.5. The van der Waals surface area contributed by atoms with Crippen molar-refractivity contribution in [3.05, 3.63) is 58.1 Å². The molecular formula is C19H22N2O5. The van der Waals surface area contributed by atoms with Crippen LogP contribution in [-0.4, -0.2) is 24.5 Å². The molecular weight excluding hydrogens is 336 g/mol. The van der Waals surface area contributed by atoms with Gasteiger partial charge < -0.3 is 14.8 Å². The van der Waals surface area contributed by atoms with Gasteiger partial charge in [0.2, 0.25) is 5.91 Å². The Kier molecular flexibility index (Phi) is 6.96. The molecule has 0 aliphatic heterocycles. The molecule has 26 heavy (non-hydrogen) atoms. The highest BCUT2D eigenvalue weighted by Gasteiger charge is 2.12. The van der Waals surface area contributed by atoms with Crippen molar-refractivity contribution in [1.82, 2.24) is 0 Å². The fraction of sp³-hybridized carbons (Fsp3) is 0.316. The van der Waals surface area contributed by atoms with Gasteiger partial charge in [-0.25, -0.2) is 0 Å². The molecule has 1 N–H and O–H groups in total. The number of amides is 1. The summed E-state index contributed by atoms with van der Waals surface area (Å²) in [5.74, 6) is 0.947. The molecule has 0 saturated heterocycles. The van der Waals surface area contributed by atoms with Crippen LogP contribution >= 0.6 is 0 Å². The molecule has 0 fully saturated rings. The lowest BCUT2D eigenvalue weighted by atomic mass is 10.1. The molecule has 2 aromatic carbocycles. The summed E-state index contributed by atoms with van der Waals surface area (Å²) in [5.41, 5.74) is 1.21. The van der Waals surface area contributed by atoms with Crippen molar-refractivity contribution in [2.24, 2.45) is 0 Å². The van der Waals surface area contributed by atoms with Crippen LogP contribution in [0.2, 0.25) is 0 Å². The van der Waals surface area contributed by atoms with Crippen LogP contribution in [0.4, 0.5) is 11.4 Å². The first kappa shape index (κ1) is 19.2. The summed E-state index contributed by atoms with van der Waals surface area (Å²) in [6, 6.07) is 11.1. The van der Waals surface area contributed by atoms with E-state index in [2.05, 4.69) is 12.2 Å². The lowest BCUT2D eigenvalue weighted by molar-refractivity contribution is -0.384. The largest absolute Gasteiger partial charge is 0.497 e. The van der Waals surface area contributed by atoms with Gasteiger partial charge in [0.1, 0.15) is 11.5 Å². The van der Waals surface area contributed by atoms with Gasteiger partial charge in [0.15, 0.2) is 0 Å². The van der Waals surface area contributed by atoms with Crippen LogP contribution in [0.25, 0.3) is 0 Å². The Labute approximate surface area is 152 Å². The minimum Gasteiger partial charge on any atom is -0.497 e. The highest BCUT2D eigenvalue weighted by atomic mass is 16.6. The van der Waals surface area contributed by atoms with E-state index >= 15 is 0 Å². The van der Waals surface area contributed by atoms with Gasteiger partial charge >= 0.3 is 0 Å². The van der Waals surface area contributed by atoms with E-state index in [0.29, 0.717) is 29.4 Å². The van der Waals surface area contributed by atoms with Gasteiger partial charge in [0, 0.05) is 18.2 Å². The molecule has 0 unspecified atom stereocenters. The minimum absolute atomic E-state index is 0.00596. The van der Waals surface area contributed by atoms with Crippen LogP contribution < -0.4 is 14.8 Å². The minimum atomic E-state index is -0.472. The zero-order chi connectivity index (χ0) is 18.9. The van der Waals surface area contributed by atoms with Gasteiger partial charge in [0.25, 0.3) is 5.69 Å². The van der Waals surface area contributed by atoms with Crippen molar-refractivity contribution in [3.63, 3.8) is 0 Å². The van der Waals surface area contributed by atoms with Crippen molar-refractivity contribution in [2.45, 2.75) is 26.2 Å². The van der Waals surface area contributed by atoms with Crippen LogP contribution in [0.1, 0.15) is 25.3 Å². The average Bonchev–Trinajstić information content (AvgIpc) is 2.63. The SMILES string of the molecule is CCCCOc1ccc(OC)cc1NC(=O)Cc1ccc([N+](=O)[O-])cc1. The van der Waals surface area contributed by atoms with Crippen molar-refractivity contribution in [2.75, 3.05) is 19.0 Å². The summed E-state index contributed by atoms with van der Waals surface area (Å²) in [4.78, 5) is 22.6. The Morgan fingerprint density at radius 3 is 2.54 bits per heavy atom. The van der Waals surface area contributed by atoms with Gasteiger partial charge in [0.05, 0.1) is 30.7 Å². The molecule has 7 heteroatoms. The molecule has 7 nitrogen and oxygen atoms in total. The first-order valence-corrected chi connectivity index (χ1v) is 8.37. The Balaban J connectivity index is 2.07. The van der Waals surface area contributed by atoms with E-state index in [1.165, 1.54) is 12.1 Å². The number of non-ortho nitro benzene ring substituents is 1. The second-order valence-electron chi connectivity index (χ2n) is 5.71. The Morgan fingerprint density at radius 1 is 1.19 bits per heavy atom. The maximum Gasteiger partial charge on any atom is 0.269 e. The van der Waals surface area contributed by atoms with E-state index in [4.69, 9.17) is 9.47 Å². The van der Waals surface area contributed by atoms with Crippen LogP contribution in [0.5, 0.6) is 11.5 Å². The molecule has 0 bridgehead atoms. The Bertz CT molecular complexity index is 759. The molecule has 0 aliphatic carbocycles. The molecule has 0 heterocycles. The lowest BCUT2D eigenvalue weighted by Crippen LogP contribution is -2.15. The molecule has 0 radical (unpaired) electrons. The standard InChI is InChI=1S/C19H22N2O5/c1-3-4-11-26-18-10-9-16(25-2)13-17(18)20-19(22)12-14-5-7-15(8-6-14)21(23)24/h5-10,13H,3-4,11-12H2,1-2H3,(H,20,22). The fourth-order valence-electron chi connectivity index (χ4n) is 2.30. The van der Waals surface area contributed by atoms with Crippen LogP contribution in [0.15, 0.2) is 42.5 Å². The van der Waals surface area contributed by atoms with E-state index in [9.17, 15) is 14.9 Å². The van der Waals surface area contributed by atoms with Crippen molar-refractivity contribution in [1.29, 1.82) is 0 Å². The third-order valence-corrected chi connectivity index (χ3v) is 3.73. The first-order valence-electron chi connectivity index (χ1n) is 8.37. The van der Waals surface area contributed by atoms with E-state index in [1.54, 1.807) is 37.4 Å². The van der Waals surface area contributed by atoms with Crippen molar-refractivity contribution in [3.8, 4) is 11.5 Å². The van der Waals surface area contributed by atoms with E-state index < -0.39 is 4.92 Å². The second-order valence-corrected chi connectivity index (χ2v) is 5.71. The van der Waals surface area contributed by atoms with E-state index in [0.717, 1.165) is 12.8 Å². The number of methoxy groups -OCH3 is 1. The number of nitrogens with zero attached hydrogens (tertiary/aromatic N) is 1. The van der Waals surface area contributed by atoms with Gasteiger partial charge in [-0.1, -0.05) is 25.5 Å². The second kappa shape index (κ2) is 9.41. The summed E-state index contributed by atoms with van der Waals surface area (Å²) < 4.78 is 10.9. The predicted molar refractivity (Wildman–Crippen MR) is 98.8 cm³/mol. The number of anilines is 1. The van der Waals surface area contributed by atoms with Crippen LogP contribution in [0.3, 0.4) is 0 Å². The normalized spacial score (nSPS) is 10.2. The molecule has 2 aromatic rings. The van der Waals surface area contributed by atoms with Gasteiger partial charge in [-0.05, 0) is 24.1 Å². The monoisotopic (exact) mass is 358 g/mol. The number of carbonyl (C=O) groups excluding carboxylic acids is 1. The molecule has 138 valence electrons. The molecule has 0 aliphatic rings. The summed E-state index contributed by atoms with van der Waals surface area (Å²) in [5, 5.41) is 13.5. The van der Waals surface area contributed by atoms with Crippen LogP contribution in [0, 0.1) is 10.1 Å². The zero-order valence-corrected chi connectivity index (χ0v) is 14.9. The predicted octanol–water partition coefficient (Wildman–Crippen LogP) is 3.96. The zero-order valence-electron chi connectivity index (χ0n) is 14.9. The van der Waals surface area contributed by atoms with E-state index in [-0.39, 0.29) is 18.0 Å². The van der Waals surface area contributed by atoms with Gasteiger partial charge in [-0.2, -0.15) is 0 Å². The molecule has 0 atom stereocenters. The summed E-state index contributed by atoms with van der Waals surface area (Å²) in [6.45, 7) is 2.64. The number of nitro benzene ring substituents is 1. The molecule has 2 rings (SSSR count). The summed E-state index contributed by atoms with van der Waals surface area (Å²) in [7, 11) is 1.55. The molecule has 0 spiro atoms. The lowest BCUT2D eigenvalue weighted by Gasteiger charge is -2.14. The average molecular weight is 358 g/mol. The highest BCUT2D eigenvalue weighted by Crippen LogP contribution is 2.29. The smallest absolute Gasteiger partial charge is 0.269 e. The Morgan fingerprint density at radius 2 is 1.92 bits per heavy atom. The van der Waals surface area contributed by atoms with Crippen LogP contribution in [-0.2, 0) is 11.2 Å².